The molecule has 0 unspecified atom stereocenters. The minimum Gasteiger partial charge on any atom is -0.431 e. The van der Waals surface area contributed by atoms with Crippen LogP contribution in [0.15, 0.2) is 55.5 Å². The number of nitrogens with zero attached hydrogens (tertiary/aromatic N) is 4. The lowest BCUT2D eigenvalue weighted by Gasteiger charge is -2.10. The average molecular weight is 449 g/mol. The average Bonchev–Trinajstić information content (AvgIpc) is 3.34. The number of oxazole rings is 1. The molecule has 0 spiro atoms. The Morgan fingerprint density at radius 3 is 2.67 bits per heavy atom. The summed E-state index contributed by atoms with van der Waals surface area (Å²) >= 11 is 1.23. The second kappa shape index (κ2) is 7.82. The van der Waals surface area contributed by atoms with Crippen molar-refractivity contribution in [3.63, 3.8) is 0 Å². The topological polar surface area (TPSA) is 102 Å². The Balaban J connectivity index is 1.50. The summed E-state index contributed by atoms with van der Waals surface area (Å²) in [7, 11) is -0.628. The number of benzene rings is 2. The summed E-state index contributed by atoms with van der Waals surface area (Å²) in [6.07, 6.45) is 0. The first kappa shape index (κ1) is 20.5. The molecular formula is C19H17FN4O4S2. The summed E-state index contributed by atoms with van der Waals surface area (Å²) in [6, 6.07) is 9.24. The van der Waals surface area contributed by atoms with E-state index in [4.69, 9.17) is 8.94 Å². The molecule has 0 aliphatic rings. The molecule has 0 aliphatic heterocycles. The Morgan fingerprint density at radius 1 is 1.13 bits per heavy atom. The Morgan fingerprint density at radius 2 is 1.93 bits per heavy atom. The first-order valence-electron chi connectivity index (χ1n) is 8.79. The highest BCUT2D eigenvalue weighted by Crippen LogP contribution is 2.28. The highest BCUT2D eigenvalue weighted by Gasteiger charge is 2.19. The fourth-order valence-electron chi connectivity index (χ4n) is 2.61. The van der Waals surface area contributed by atoms with Crippen molar-refractivity contribution in [1.29, 1.82) is 0 Å². The van der Waals surface area contributed by atoms with Crippen LogP contribution in [0.2, 0.25) is 0 Å². The van der Waals surface area contributed by atoms with Crippen molar-refractivity contribution in [2.75, 3.05) is 14.1 Å². The highest BCUT2D eigenvalue weighted by atomic mass is 32.2. The van der Waals surface area contributed by atoms with Crippen molar-refractivity contribution in [1.82, 2.24) is 19.4 Å². The van der Waals surface area contributed by atoms with Crippen LogP contribution in [0.3, 0.4) is 0 Å². The van der Waals surface area contributed by atoms with Crippen molar-refractivity contribution in [3.8, 4) is 11.4 Å². The van der Waals surface area contributed by atoms with Gasteiger partial charge in [0.05, 0.1) is 10.6 Å². The van der Waals surface area contributed by atoms with Gasteiger partial charge in [0.15, 0.2) is 5.58 Å². The van der Waals surface area contributed by atoms with Gasteiger partial charge in [-0.2, -0.15) is 4.98 Å². The molecule has 30 heavy (non-hydrogen) atoms. The van der Waals surface area contributed by atoms with Crippen LogP contribution in [0.4, 0.5) is 4.39 Å². The van der Waals surface area contributed by atoms with Gasteiger partial charge in [0, 0.05) is 19.7 Å². The van der Waals surface area contributed by atoms with Gasteiger partial charge in [-0.3, -0.25) is 0 Å². The molecule has 0 fully saturated rings. The van der Waals surface area contributed by atoms with Gasteiger partial charge in [-0.1, -0.05) is 29.1 Å². The van der Waals surface area contributed by atoms with Gasteiger partial charge in [-0.25, -0.2) is 22.1 Å². The van der Waals surface area contributed by atoms with Crippen molar-refractivity contribution < 1.29 is 21.7 Å². The first-order chi connectivity index (χ1) is 14.2. The molecule has 0 N–H and O–H groups in total. The molecule has 4 aromatic rings. The predicted octanol–water partition coefficient (Wildman–Crippen LogP) is 3.87. The zero-order valence-corrected chi connectivity index (χ0v) is 17.9. The standard InChI is InChI=1S/C19H17FN4O4S2/c1-11-4-5-12(8-14(11)20)18-22-17(28-23-18)10-29-19-21-15-9-13(6-7-16(15)27-19)30(25,26)24(2)3/h4-9H,10H2,1-3H3. The van der Waals surface area contributed by atoms with Crippen LogP contribution in [0.5, 0.6) is 0 Å². The molecule has 0 radical (unpaired) electrons. The zero-order valence-electron chi connectivity index (χ0n) is 16.3. The maximum atomic E-state index is 13.7. The van der Waals surface area contributed by atoms with E-state index in [9.17, 15) is 12.8 Å². The number of halogens is 1. The summed E-state index contributed by atoms with van der Waals surface area (Å²) in [5.41, 5.74) is 1.96. The van der Waals surface area contributed by atoms with Gasteiger partial charge in [0.25, 0.3) is 5.22 Å². The molecule has 0 amide bonds. The van der Waals surface area contributed by atoms with E-state index in [2.05, 4.69) is 15.1 Å². The molecule has 0 atom stereocenters. The molecule has 0 saturated heterocycles. The third-order valence-corrected chi connectivity index (χ3v) is 6.96. The zero-order chi connectivity index (χ0) is 21.5. The molecule has 0 aliphatic carbocycles. The Bertz CT molecular complexity index is 1330. The van der Waals surface area contributed by atoms with Crippen LogP contribution in [0, 0.1) is 12.7 Å². The molecule has 156 valence electrons. The lowest BCUT2D eigenvalue weighted by Crippen LogP contribution is -2.22. The summed E-state index contributed by atoms with van der Waals surface area (Å²) in [4.78, 5) is 8.72. The monoisotopic (exact) mass is 448 g/mol. The van der Waals surface area contributed by atoms with E-state index in [-0.39, 0.29) is 16.5 Å². The van der Waals surface area contributed by atoms with E-state index >= 15 is 0 Å². The SMILES string of the molecule is Cc1ccc(-c2noc(CSc3nc4cc(S(=O)(=O)N(C)C)ccc4o3)n2)cc1F. The van der Waals surface area contributed by atoms with E-state index in [1.807, 2.05) is 0 Å². The Kier molecular flexibility index (Phi) is 5.35. The number of aryl methyl sites for hydroxylation is 1. The van der Waals surface area contributed by atoms with Gasteiger partial charge >= 0.3 is 0 Å². The molecule has 4 rings (SSSR count). The number of aromatic nitrogens is 3. The summed E-state index contributed by atoms with van der Waals surface area (Å²) < 4.78 is 50.3. The molecule has 2 aromatic heterocycles. The second-order valence-electron chi connectivity index (χ2n) is 6.66. The first-order valence-corrected chi connectivity index (χ1v) is 11.2. The number of rotatable bonds is 6. The largest absolute Gasteiger partial charge is 0.431 e. The fourth-order valence-corrected chi connectivity index (χ4v) is 4.20. The van der Waals surface area contributed by atoms with Crippen LogP contribution in [-0.2, 0) is 15.8 Å². The second-order valence-corrected chi connectivity index (χ2v) is 9.74. The molecular weight excluding hydrogens is 431 g/mol. The number of thioether (sulfide) groups is 1. The molecule has 2 heterocycles. The van der Waals surface area contributed by atoms with Crippen molar-refractivity contribution >= 4 is 32.9 Å². The highest BCUT2D eigenvalue weighted by molar-refractivity contribution is 7.98. The Labute approximate surface area is 176 Å². The van der Waals surface area contributed by atoms with Crippen molar-refractivity contribution in [2.24, 2.45) is 0 Å². The van der Waals surface area contributed by atoms with E-state index < -0.39 is 10.0 Å². The van der Waals surface area contributed by atoms with Crippen LogP contribution >= 0.6 is 11.8 Å². The van der Waals surface area contributed by atoms with Gasteiger partial charge < -0.3 is 8.94 Å². The maximum Gasteiger partial charge on any atom is 0.257 e. The van der Waals surface area contributed by atoms with Gasteiger partial charge in [0.1, 0.15) is 11.3 Å². The molecule has 8 nitrogen and oxygen atoms in total. The quantitative estimate of drug-likeness (QED) is 0.410. The van der Waals surface area contributed by atoms with E-state index in [0.717, 1.165) is 4.31 Å². The smallest absolute Gasteiger partial charge is 0.257 e. The third-order valence-electron chi connectivity index (χ3n) is 4.34. The summed E-state index contributed by atoms with van der Waals surface area (Å²) in [6.45, 7) is 1.68. The van der Waals surface area contributed by atoms with Crippen LogP contribution < -0.4 is 0 Å². The van der Waals surface area contributed by atoms with E-state index in [1.165, 1.54) is 44.1 Å². The van der Waals surface area contributed by atoms with Crippen LogP contribution in [0.25, 0.3) is 22.5 Å². The fraction of sp³-hybridized carbons (Fsp3) is 0.211. The molecule has 2 aromatic carbocycles. The lowest BCUT2D eigenvalue weighted by molar-refractivity contribution is 0.391. The molecule has 0 saturated carbocycles. The normalized spacial score (nSPS) is 12.2. The van der Waals surface area contributed by atoms with Crippen LogP contribution in [0.1, 0.15) is 11.5 Å². The number of fused-ring (bicyclic) bond motifs is 1. The number of sulfonamides is 1. The molecule has 0 bridgehead atoms. The van der Waals surface area contributed by atoms with E-state index in [1.54, 1.807) is 25.1 Å². The van der Waals surface area contributed by atoms with Crippen molar-refractivity contribution in [2.45, 2.75) is 22.8 Å². The van der Waals surface area contributed by atoms with Crippen LogP contribution in [-0.4, -0.2) is 41.9 Å². The number of hydrogen-bond donors (Lipinski definition) is 0. The lowest BCUT2D eigenvalue weighted by atomic mass is 10.1. The predicted molar refractivity (Wildman–Crippen MR) is 109 cm³/mol. The van der Waals surface area contributed by atoms with Gasteiger partial charge in [-0.05, 0) is 36.8 Å². The minimum atomic E-state index is -3.56. The van der Waals surface area contributed by atoms with E-state index in [0.29, 0.717) is 39.2 Å². The van der Waals surface area contributed by atoms with Gasteiger partial charge in [-0.15, -0.1) is 0 Å². The minimum absolute atomic E-state index is 0.136. The summed E-state index contributed by atoms with van der Waals surface area (Å²) in [5, 5.41) is 4.22. The van der Waals surface area contributed by atoms with Gasteiger partial charge in [0.2, 0.25) is 21.7 Å². The number of hydrogen-bond acceptors (Lipinski definition) is 8. The third kappa shape index (κ3) is 3.95. The van der Waals surface area contributed by atoms with Crippen molar-refractivity contribution in [3.05, 3.63) is 53.7 Å². The maximum absolute atomic E-state index is 13.7. The Hall–Kier alpha value is -2.76. The molecule has 11 heteroatoms. The summed E-state index contributed by atoms with van der Waals surface area (Å²) in [5.74, 6) is 0.571.